The summed E-state index contributed by atoms with van der Waals surface area (Å²) in [5.41, 5.74) is 0. The lowest BCUT2D eigenvalue weighted by molar-refractivity contribution is 0.0638. The second-order valence-electron chi connectivity index (χ2n) is 6.14. The van der Waals surface area contributed by atoms with E-state index in [2.05, 4.69) is 4.90 Å². The predicted octanol–water partition coefficient (Wildman–Crippen LogP) is 1.34. The highest BCUT2D eigenvalue weighted by Gasteiger charge is 2.44. The zero-order chi connectivity index (χ0) is 15.0. The van der Waals surface area contributed by atoms with E-state index in [1.165, 1.54) is 11.3 Å². The average molecular weight is 330 g/mol. The molecule has 5 nitrogen and oxygen atoms in total. The van der Waals surface area contributed by atoms with Crippen molar-refractivity contribution in [3.05, 3.63) is 17.5 Å². The summed E-state index contributed by atoms with van der Waals surface area (Å²) in [6.45, 7) is 2.83. The van der Waals surface area contributed by atoms with Gasteiger partial charge in [-0.3, -0.25) is 0 Å². The van der Waals surface area contributed by atoms with Gasteiger partial charge in [-0.1, -0.05) is 6.07 Å². The Morgan fingerprint density at radius 1 is 1.48 bits per heavy atom. The Hall–Kier alpha value is -0.470. The molecule has 2 aliphatic heterocycles. The van der Waals surface area contributed by atoms with E-state index in [4.69, 9.17) is 4.74 Å². The van der Waals surface area contributed by atoms with E-state index in [9.17, 15) is 8.42 Å². The third-order valence-electron chi connectivity index (χ3n) is 4.41. The van der Waals surface area contributed by atoms with Crippen LogP contribution in [-0.2, 0) is 14.8 Å². The highest BCUT2D eigenvalue weighted by atomic mass is 32.2. The average Bonchev–Trinajstić information content (AvgIpc) is 3.08. The van der Waals surface area contributed by atoms with E-state index in [-0.39, 0.29) is 6.10 Å². The van der Waals surface area contributed by atoms with Crippen molar-refractivity contribution in [1.82, 2.24) is 9.21 Å². The molecule has 3 heterocycles. The minimum absolute atomic E-state index is 0.145. The molecule has 0 amide bonds. The van der Waals surface area contributed by atoms with Crippen LogP contribution in [0, 0.1) is 11.8 Å². The Bertz CT molecular complexity index is 571. The van der Waals surface area contributed by atoms with Gasteiger partial charge in [0.2, 0.25) is 0 Å². The van der Waals surface area contributed by atoms with Crippen molar-refractivity contribution in [3.63, 3.8) is 0 Å². The number of piperidine rings is 1. The van der Waals surface area contributed by atoms with Crippen molar-refractivity contribution in [3.8, 4) is 0 Å². The summed E-state index contributed by atoms with van der Waals surface area (Å²) in [5.74, 6) is 0.820. The van der Waals surface area contributed by atoms with Gasteiger partial charge in [-0.25, -0.2) is 8.42 Å². The molecule has 0 bridgehead atoms. The van der Waals surface area contributed by atoms with Crippen LogP contribution in [0.25, 0.3) is 0 Å². The van der Waals surface area contributed by atoms with Gasteiger partial charge in [-0.15, -0.1) is 11.3 Å². The van der Waals surface area contributed by atoms with E-state index in [0.29, 0.717) is 29.1 Å². The molecule has 0 spiro atoms. The van der Waals surface area contributed by atoms with Crippen molar-refractivity contribution in [2.75, 3.05) is 40.3 Å². The molecular formula is C14H22N2O3S2. The van der Waals surface area contributed by atoms with E-state index in [0.717, 1.165) is 19.6 Å². The third kappa shape index (κ3) is 3.03. The number of likely N-dealkylation sites (N-methyl/N-ethyl adjacent to an activating group) is 1. The quantitative estimate of drug-likeness (QED) is 0.836. The Balaban J connectivity index is 1.76. The molecule has 0 radical (unpaired) electrons. The monoisotopic (exact) mass is 330 g/mol. The van der Waals surface area contributed by atoms with Gasteiger partial charge in [0.15, 0.2) is 0 Å². The first kappa shape index (κ1) is 15.4. The molecule has 0 saturated carbocycles. The van der Waals surface area contributed by atoms with Crippen LogP contribution in [0.3, 0.4) is 0 Å². The topological polar surface area (TPSA) is 49.9 Å². The standard InChI is InChI=1S/C14H22N2O3S2/c1-15(2)9-13-12-8-16(6-5-11(12)10-19-13)21(17,18)14-4-3-7-20-14/h3-4,7,11-13H,5-6,8-10H2,1-2H3/t11-,12-,13+/m0/s1. The van der Waals surface area contributed by atoms with E-state index in [1.807, 2.05) is 19.5 Å². The van der Waals surface area contributed by atoms with Crippen LogP contribution < -0.4 is 0 Å². The van der Waals surface area contributed by atoms with Crippen molar-refractivity contribution >= 4 is 21.4 Å². The van der Waals surface area contributed by atoms with E-state index < -0.39 is 10.0 Å². The normalized spacial score (nSPS) is 30.7. The van der Waals surface area contributed by atoms with Crippen molar-refractivity contribution < 1.29 is 13.2 Å². The second-order valence-corrected chi connectivity index (χ2v) is 9.25. The molecule has 118 valence electrons. The largest absolute Gasteiger partial charge is 0.376 e. The number of hydrogen-bond acceptors (Lipinski definition) is 5. The molecule has 7 heteroatoms. The van der Waals surface area contributed by atoms with Crippen LogP contribution in [0.4, 0.5) is 0 Å². The zero-order valence-corrected chi connectivity index (χ0v) is 14.1. The molecule has 0 unspecified atom stereocenters. The maximum absolute atomic E-state index is 12.7. The van der Waals surface area contributed by atoms with Gasteiger partial charge in [-0.2, -0.15) is 4.31 Å². The summed E-state index contributed by atoms with van der Waals surface area (Å²) < 4.78 is 33.3. The Labute approximate surface area is 130 Å². The fourth-order valence-corrected chi connectivity index (χ4v) is 5.94. The smallest absolute Gasteiger partial charge is 0.252 e. The summed E-state index contributed by atoms with van der Waals surface area (Å²) in [6, 6.07) is 3.48. The van der Waals surface area contributed by atoms with Crippen molar-refractivity contribution in [2.24, 2.45) is 11.8 Å². The highest BCUT2D eigenvalue weighted by Crippen LogP contribution is 2.36. The summed E-state index contributed by atoms with van der Waals surface area (Å²) in [4.78, 5) is 2.11. The number of hydrogen-bond donors (Lipinski definition) is 0. The maximum atomic E-state index is 12.7. The molecule has 2 saturated heterocycles. The Morgan fingerprint density at radius 3 is 2.95 bits per heavy atom. The first-order valence-electron chi connectivity index (χ1n) is 7.28. The van der Waals surface area contributed by atoms with Gasteiger partial charge in [0, 0.05) is 25.6 Å². The number of nitrogens with zero attached hydrogens (tertiary/aromatic N) is 2. The second kappa shape index (κ2) is 5.96. The van der Waals surface area contributed by atoms with Gasteiger partial charge in [0.25, 0.3) is 10.0 Å². The molecule has 21 heavy (non-hydrogen) atoms. The molecular weight excluding hydrogens is 308 g/mol. The Morgan fingerprint density at radius 2 is 2.29 bits per heavy atom. The van der Waals surface area contributed by atoms with Crippen molar-refractivity contribution in [1.29, 1.82) is 0 Å². The molecule has 0 N–H and O–H groups in total. The molecule has 2 aliphatic rings. The van der Waals surface area contributed by atoms with Crippen LogP contribution in [0.1, 0.15) is 6.42 Å². The van der Waals surface area contributed by atoms with Crippen LogP contribution in [0.5, 0.6) is 0 Å². The SMILES string of the molecule is CN(C)C[C@H]1OC[C@@H]2CCN(S(=O)(=O)c3cccs3)C[C@@H]21. The number of rotatable bonds is 4. The molecule has 3 atom stereocenters. The van der Waals surface area contributed by atoms with Crippen molar-refractivity contribution in [2.45, 2.75) is 16.7 Å². The molecule has 1 aromatic heterocycles. The molecule has 1 aromatic rings. The summed E-state index contributed by atoms with van der Waals surface area (Å²) in [5, 5.41) is 1.81. The van der Waals surface area contributed by atoms with Gasteiger partial charge < -0.3 is 9.64 Å². The molecule has 0 aromatic carbocycles. The molecule has 0 aliphatic carbocycles. The fraction of sp³-hybridized carbons (Fsp3) is 0.714. The van der Waals surface area contributed by atoms with Gasteiger partial charge in [0.1, 0.15) is 4.21 Å². The van der Waals surface area contributed by atoms with E-state index >= 15 is 0 Å². The van der Waals surface area contributed by atoms with Crippen LogP contribution >= 0.6 is 11.3 Å². The molecule has 3 rings (SSSR count). The fourth-order valence-electron chi connectivity index (χ4n) is 3.30. The van der Waals surface area contributed by atoms with Crippen LogP contribution in [-0.4, -0.2) is 64.1 Å². The first-order valence-corrected chi connectivity index (χ1v) is 9.60. The third-order valence-corrected chi connectivity index (χ3v) is 7.64. The summed E-state index contributed by atoms with van der Waals surface area (Å²) in [7, 11) is 0.728. The van der Waals surface area contributed by atoms with Gasteiger partial charge in [0.05, 0.1) is 12.7 Å². The number of ether oxygens (including phenoxy) is 1. The van der Waals surface area contributed by atoms with Gasteiger partial charge >= 0.3 is 0 Å². The zero-order valence-electron chi connectivity index (χ0n) is 12.4. The first-order chi connectivity index (χ1) is 9.98. The number of sulfonamides is 1. The van der Waals surface area contributed by atoms with Crippen LogP contribution in [0.2, 0.25) is 0 Å². The Kier molecular flexibility index (Phi) is 4.38. The minimum atomic E-state index is -3.33. The number of thiophene rings is 1. The lowest BCUT2D eigenvalue weighted by Crippen LogP contribution is -2.46. The maximum Gasteiger partial charge on any atom is 0.252 e. The molecule has 2 fully saturated rings. The van der Waals surface area contributed by atoms with Crippen LogP contribution in [0.15, 0.2) is 21.7 Å². The summed E-state index contributed by atoms with van der Waals surface area (Å²) >= 11 is 1.29. The highest BCUT2D eigenvalue weighted by molar-refractivity contribution is 7.91. The lowest BCUT2D eigenvalue weighted by atomic mass is 9.85. The predicted molar refractivity (Wildman–Crippen MR) is 83.0 cm³/mol. The van der Waals surface area contributed by atoms with Gasteiger partial charge in [-0.05, 0) is 37.9 Å². The summed E-state index contributed by atoms with van der Waals surface area (Å²) in [6.07, 6.45) is 1.05. The van der Waals surface area contributed by atoms with E-state index in [1.54, 1.807) is 16.4 Å². The number of fused-ring (bicyclic) bond motifs is 1. The minimum Gasteiger partial charge on any atom is -0.376 e. The lowest BCUT2D eigenvalue weighted by Gasteiger charge is -2.35.